The third-order valence-corrected chi connectivity index (χ3v) is 4.14. The Hall–Kier alpha value is -0.0800. The van der Waals surface area contributed by atoms with E-state index in [1.807, 2.05) is 0 Å². The van der Waals surface area contributed by atoms with Gasteiger partial charge < -0.3 is 11.1 Å². The Kier molecular flexibility index (Phi) is 4.04. The average Bonchev–Trinajstić information content (AvgIpc) is 2.97. The SMILES string of the molecule is CCCC1CC1NCC1CCC(N)CC1. The van der Waals surface area contributed by atoms with Crippen LogP contribution in [-0.2, 0) is 0 Å². The molecule has 15 heavy (non-hydrogen) atoms. The lowest BCUT2D eigenvalue weighted by Gasteiger charge is -2.26. The Bertz CT molecular complexity index is 185. The van der Waals surface area contributed by atoms with Crippen LogP contribution in [0, 0.1) is 11.8 Å². The monoisotopic (exact) mass is 210 g/mol. The second-order valence-corrected chi connectivity index (χ2v) is 5.58. The van der Waals surface area contributed by atoms with Crippen LogP contribution in [0.15, 0.2) is 0 Å². The molecule has 0 aromatic carbocycles. The van der Waals surface area contributed by atoms with Crippen LogP contribution >= 0.6 is 0 Å². The summed E-state index contributed by atoms with van der Waals surface area (Å²) in [6.07, 6.45) is 9.39. The van der Waals surface area contributed by atoms with Gasteiger partial charge in [-0.15, -0.1) is 0 Å². The van der Waals surface area contributed by atoms with Crippen molar-refractivity contribution in [1.82, 2.24) is 5.32 Å². The van der Waals surface area contributed by atoms with Gasteiger partial charge in [0.25, 0.3) is 0 Å². The van der Waals surface area contributed by atoms with Crippen molar-refractivity contribution in [3.05, 3.63) is 0 Å². The molecule has 3 N–H and O–H groups in total. The summed E-state index contributed by atoms with van der Waals surface area (Å²) >= 11 is 0. The fourth-order valence-corrected chi connectivity index (χ4v) is 2.90. The molecule has 88 valence electrons. The molecule has 0 amide bonds. The summed E-state index contributed by atoms with van der Waals surface area (Å²) in [6, 6.07) is 1.36. The van der Waals surface area contributed by atoms with E-state index < -0.39 is 0 Å². The van der Waals surface area contributed by atoms with Crippen molar-refractivity contribution in [3.8, 4) is 0 Å². The standard InChI is InChI=1S/C13H26N2/c1-2-3-11-8-13(11)15-9-10-4-6-12(14)7-5-10/h10-13,15H,2-9,14H2,1H3. The maximum absolute atomic E-state index is 5.91. The molecule has 2 atom stereocenters. The number of rotatable bonds is 5. The van der Waals surface area contributed by atoms with Crippen LogP contribution in [0.1, 0.15) is 51.9 Å². The van der Waals surface area contributed by atoms with Crippen molar-refractivity contribution in [2.45, 2.75) is 64.0 Å². The second kappa shape index (κ2) is 5.31. The molecule has 2 aliphatic carbocycles. The lowest BCUT2D eigenvalue weighted by atomic mass is 9.86. The lowest BCUT2D eigenvalue weighted by Crippen LogP contribution is -2.32. The minimum Gasteiger partial charge on any atom is -0.328 e. The Balaban J connectivity index is 1.55. The molecule has 0 aromatic rings. The average molecular weight is 210 g/mol. The predicted molar refractivity (Wildman–Crippen MR) is 64.7 cm³/mol. The lowest BCUT2D eigenvalue weighted by molar-refractivity contribution is 0.312. The molecule has 0 bridgehead atoms. The van der Waals surface area contributed by atoms with Crippen LogP contribution < -0.4 is 11.1 Å². The zero-order chi connectivity index (χ0) is 10.7. The van der Waals surface area contributed by atoms with Gasteiger partial charge >= 0.3 is 0 Å². The zero-order valence-electron chi connectivity index (χ0n) is 10.0. The first kappa shape index (κ1) is 11.4. The maximum atomic E-state index is 5.91. The van der Waals surface area contributed by atoms with Gasteiger partial charge in [0, 0.05) is 12.1 Å². The van der Waals surface area contributed by atoms with E-state index in [9.17, 15) is 0 Å². The number of hydrogen-bond acceptors (Lipinski definition) is 2. The van der Waals surface area contributed by atoms with E-state index in [-0.39, 0.29) is 0 Å². The second-order valence-electron chi connectivity index (χ2n) is 5.58. The Morgan fingerprint density at radius 2 is 1.93 bits per heavy atom. The molecule has 2 nitrogen and oxygen atoms in total. The fourth-order valence-electron chi connectivity index (χ4n) is 2.90. The van der Waals surface area contributed by atoms with E-state index in [1.54, 1.807) is 0 Å². The Morgan fingerprint density at radius 3 is 2.60 bits per heavy atom. The quantitative estimate of drug-likeness (QED) is 0.730. The van der Waals surface area contributed by atoms with Crippen molar-refractivity contribution in [3.63, 3.8) is 0 Å². The summed E-state index contributed by atoms with van der Waals surface area (Å²) in [5.74, 6) is 1.91. The summed E-state index contributed by atoms with van der Waals surface area (Å²) in [5, 5.41) is 3.74. The van der Waals surface area contributed by atoms with E-state index in [4.69, 9.17) is 5.73 Å². The first-order valence-corrected chi connectivity index (χ1v) is 6.78. The molecule has 2 aliphatic rings. The minimum absolute atomic E-state index is 0.495. The van der Waals surface area contributed by atoms with Gasteiger partial charge in [-0.1, -0.05) is 13.3 Å². The molecule has 2 rings (SSSR count). The highest BCUT2D eigenvalue weighted by Gasteiger charge is 2.35. The third kappa shape index (κ3) is 3.46. The van der Waals surface area contributed by atoms with Crippen molar-refractivity contribution in [1.29, 1.82) is 0 Å². The molecule has 0 aromatic heterocycles. The van der Waals surface area contributed by atoms with E-state index >= 15 is 0 Å². The van der Waals surface area contributed by atoms with E-state index in [0.29, 0.717) is 6.04 Å². The summed E-state index contributed by atoms with van der Waals surface area (Å²) in [7, 11) is 0. The van der Waals surface area contributed by atoms with Crippen molar-refractivity contribution in [2.24, 2.45) is 17.6 Å². The van der Waals surface area contributed by atoms with Crippen LogP contribution in [0.3, 0.4) is 0 Å². The predicted octanol–water partition coefficient (Wildman–Crippen LogP) is 2.28. The van der Waals surface area contributed by atoms with Gasteiger partial charge in [0.1, 0.15) is 0 Å². The van der Waals surface area contributed by atoms with E-state index in [0.717, 1.165) is 17.9 Å². The molecule has 0 saturated heterocycles. The van der Waals surface area contributed by atoms with Crippen LogP contribution in [0.5, 0.6) is 0 Å². The first-order valence-electron chi connectivity index (χ1n) is 6.78. The third-order valence-electron chi connectivity index (χ3n) is 4.14. The van der Waals surface area contributed by atoms with Crippen LogP contribution in [-0.4, -0.2) is 18.6 Å². The van der Waals surface area contributed by atoms with Gasteiger partial charge in [-0.05, 0) is 56.9 Å². The molecule has 2 saturated carbocycles. The van der Waals surface area contributed by atoms with Crippen molar-refractivity contribution in [2.75, 3.05) is 6.54 Å². The highest BCUT2D eigenvalue weighted by Crippen LogP contribution is 2.35. The minimum atomic E-state index is 0.495. The van der Waals surface area contributed by atoms with Gasteiger partial charge in [-0.3, -0.25) is 0 Å². The van der Waals surface area contributed by atoms with Crippen LogP contribution in [0.2, 0.25) is 0 Å². The number of hydrogen-bond donors (Lipinski definition) is 2. The van der Waals surface area contributed by atoms with Gasteiger partial charge in [0.2, 0.25) is 0 Å². The van der Waals surface area contributed by atoms with Crippen molar-refractivity contribution >= 4 is 0 Å². The molecule has 0 spiro atoms. The highest BCUT2D eigenvalue weighted by molar-refractivity contribution is 4.93. The van der Waals surface area contributed by atoms with Gasteiger partial charge in [0.05, 0.1) is 0 Å². The smallest absolute Gasteiger partial charge is 0.00992 e. The molecule has 2 heteroatoms. The largest absolute Gasteiger partial charge is 0.328 e. The molecular weight excluding hydrogens is 184 g/mol. The molecular formula is C13H26N2. The normalized spacial score (nSPS) is 40.4. The fraction of sp³-hybridized carbons (Fsp3) is 1.00. The van der Waals surface area contributed by atoms with Gasteiger partial charge in [-0.25, -0.2) is 0 Å². The molecule has 0 radical (unpaired) electrons. The van der Waals surface area contributed by atoms with Crippen molar-refractivity contribution < 1.29 is 0 Å². The Morgan fingerprint density at radius 1 is 1.20 bits per heavy atom. The summed E-state index contributed by atoms with van der Waals surface area (Å²) in [5.41, 5.74) is 5.91. The molecule has 2 fully saturated rings. The number of nitrogens with one attached hydrogen (secondary N) is 1. The van der Waals surface area contributed by atoms with Crippen LogP contribution in [0.4, 0.5) is 0 Å². The summed E-state index contributed by atoms with van der Waals surface area (Å²) in [6.45, 7) is 3.54. The topological polar surface area (TPSA) is 38.0 Å². The van der Waals surface area contributed by atoms with Crippen LogP contribution in [0.25, 0.3) is 0 Å². The Labute approximate surface area is 94.0 Å². The summed E-state index contributed by atoms with van der Waals surface area (Å²) in [4.78, 5) is 0. The molecule has 0 heterocycles. The van der Waals surface area contributed by atoms with E-state index in [1.165, 1.54) is 51.5 Å². The van der Waals surface area contributed by atoms with Gasteiger partial charge in [-0.2, -0.15) is 0 Å². The number of nitrogens with two attached hydrogens (primary N) is 1. The zero-order valence-corrected chi connectivity index (χ0v) is 10.0. The molecule has 2 unspecified atom stereocenters. The molecule has 0 aliphatic heterocycles. The maximum Gasteiger partial charge on any atom is 0.00992 e. The first-order chi connectivity index (χ1) is 7.29. The summed E-state index contributed by atoms with van der Waals surface area (Å²) < 4.78 is 0. The highest BCUT2D eigenvalue weighted by atomic mass is 15.0. The van der Waals surface area contributed by atoms with Gasteiger partial charge in [0.15, 0.2) is 0 Å². The van der Waals surface area contributed by atoms with E-state index in [2.05, 4.69) is 12.2 Å².